The van der Waals surface area contributed by atoms with Crippen molar-refractivity contribution in [3.63, 3.8) is 0 Å². The minimum Gasteiger partial charge on any atom is -0.480 e. The lowest BCUT2D eigenvalue weighted by molar-refractivity contribution is -0.139. The highest BCUT2D eigenvalue weighted by Crippen LogP contribution is 2.02. The molecule has 4 N–H and O–H groups in total. The number of rotatable bonds is 6. The summed E-state index contributed by atoms with van der Waals surface area (Å²) in [5.41, 5.74) is 0. The summed E-state index contributed by atoms with van der Waals surface area (Å²) in [4.78, 5) is 26.0. The molecule has 1 aromatic rings. The SMILES string of the molecule is O=C(NCc1nccs1)N[C@@H](CCO)C(=O)O. The van der Waals surface area contributed by atoms with E-state index in [9.17, 15) is 9.59 Å². The molecule has 0 radical (unpaired) electrons. The average Bonchev–Trinajstić information content (AvgIpc) is 2.78. The van der Waals surface area contributed by atoms with Crippen LogP contribution in [-0.4, -0.2) is 39.8 Å². The lowest BCUT2D eigenvalue weighted by atomic mass is 10.2. The minimum atomic E-state index is -1.18. The average molecular weight is 259 g/mol. The molecule has 1 aromatic heterocycles. The Labute approximate surface area is 101 Å². The van der Waals surface area contributed by atoms with Crippen molar-refractivity contribution < 1.29 is 19.8 Å². The first-order chi connectivity index (χ1) is 8.13. The molecule has 0 aromatic carbocycles. The van der Waals surface area contributed by atoms with Crippen molar-refractivity contribution in [3.05, 3.63) is 16.6 Å². The second kappa shape index (κ2) is 6.81. The quantitative estimate of drug-likeness (QED) is 0.564. The van der Waals surface area contributed by atoms with Crippen LogP contribution in [0.5, 0.6) is 0 Å². The molecule has 1 atom stereocenters. The monoisotopic (exact) mass is 259 g/mol. The molecule has 0 fully saturated rings. The number of urea groups is 1. The van der Waals surface area contributed by atoms with Gasteiger partial charge in [0, 0.05) is 24.6 Å². The number of carboxylic acids is 1. The number of carbonyl (C=O) groups excluding carboxylic acids is 1. The molecule has 1 heterocycles. The van der Waals surface area contributed by atoms with Crippen LogP contribution >= 0.6 is 11.3 Å². The third-order valence-electron chi connectivity index (χ3n) is 1.90. The normalized spacial score (nSPS) is 11.8. The van der Waals surface area contributed by atoms with Crippen LogP contribution < -0.4 is 10.6 Å². The molecule has 0 saturated heterocycles. The van der Waals surface area contributed by atoms with Crippen LogP contribution in [0, 0.1) is 0 Å². The molecule has 94 valence electrons. The Morgan fingerprint density at radius 3 is 2.82 bits per heavy atom. The van der Waals surface area contributed by atoms with Crippen molar-refractivity contribution in [2.75, 3.05) is 6.61 Å². The van der Waals surface area contributed by atoms with E-state index < -0.39 is 18.0 Å². The number of carbonyl (C=O) groups is 2. The van der Waals surface area contributed by atoms with E-state index in [4.69, 9.17) is 10.2 Å². The molecule has 2 amide bonds. The van der Waals surface area contributed by atoms with E-state index >= 15 is 0 Å². The van der Waals surface area contributed by atoms with Crippen molar-refractivity contribution in [2.45, 2.75) is 19.0 Å². The highest BCUT2D eigenvalue weighted by atomic mass is 32.1. The van der Waals surface area contributed by atoms with Gasteiger partial charge in [0.2, 0.25) is 0 Å². The molecule has 1 rings (SSSR count). The Morgan fingerprint density at radius 1 is 1.53 bits per heavy atom. The van der Waals surface area contributed by atoms with Gasteiger partial charge in [-0.1, -0.05) is 0 Å². The van der Waals surface area contributed by atoms with Crippen LogP contribution in [0.2, 0.25) is 0 Å². The molecule has 17 heavy (non-hydrogen) atoms. The number of nitrogens with zero attached hydrogens (tertiary/aromatic N) is 1. The standard InChI is InChI=1S/C9H13N3O4S/c13-3-1-6(8(14)15)12-9(16)11-5-7-10-2-4-17-7/h2,4,6,13H,1,3,5H2,(H,14,15)(H2,11,12,16)/t6-/m0/s1. The van der Waals surface area contributed by atoms with Gasteiger partial charge in [-0.05, 0) is 0 Å². The van der Waals surface area contributed by atoms with Gasteiger partial charge in [-0.2, -0.15) is 0 Å². The lowest BCUT2D eigenvalue weighted by Crippen LogP contribution is -2.46. The van der Waals surface area contributed by atoms with E-state index in [2.05, 4.69) is 15.6 Å². The maximum Gasteiger partial charge on any atom is 0.326 e. The predicted molar refractivity (Wildman–Crippen MR) is 60.6 cm³/mol. The molecule has 7 nitrogen and oxygen atoms in total. The Morgan fingerprint density at radius 2 is 2.29 bits per heavy atom. The molecule has 0 spiro atoms. The Balaban J connectivity index is 2.34. The predicted octanol–water partition coefficient (Wildman–Crippen LogP) is -0.222. The molecule has 8 heteroatoms. The van der Waals surface area contributed by atoms with Crippen molar-refractivity contribution in [3.8, 4) is 0 Å². The first-order valence-corrected chi connectivity index (χ1v) is 5.78. The van der Waals surface area contributed by atoms with E-state index in [0.29, 0.717) is 0 Å². The zero-order valence-electron chi connectivity index (χ0n) is 8.92. The van der Waals surface area contributed by atoms with Crippen LogP contribution in [0.15, 0.2) is 11.6 Å². The molecule has 0 aliphatic heterocycles. The van der Waals surface area contributed by atoms with Gasteiger partial charge in [0.25, 0.3) is 0 Å². The van der Waals surface area contributed by atoms with Gasteiger partial charge in [0.05, 0.1) is 6.54 Å². The summed E-state index contributed by atoms with van der Waals surface area (Å²) in [5, 5.41) is 24.6. The summed E-state index contributed by atoms with van der Waals surface area (Å²) in [7, 11) is 0. The number of nitrogens with one attached hydrogen (secondary N) is 2. The van der Waals surface area contributed by atoms with Crippen molar-refractivity contribution in [1.82, 2.24) is 15.6 Å². The number of amides is 2. The van der Waals surface area contributed by atoms with E-state index in [1.807, 2.05) is 0 Å². The second-order valence-electron chi connectivity index (χ2n) is 3.16. The summed E-state index contributed by atoms with van der Waals surface area (Å²) in [6.45, 7) is -0.0569. The van der Waals surface area contributed by atoms with Gasteiger partial charge in [0.15, 0.2) is 0 Å². The minimum absolute atomic E-state index is 0.0278. The maximum atomic E-state index is 11.3. The Bertz CT molecular complexity index is 368. The van der Waals surface area contributed by atoms with Gasteiger partial charge >= 0.3 is 12.0 Å². The van der Waals surface area contributed by atoms with Gasteiger partial charge < -0.3 is 20.8 Å². The van der Waals surface area contributed by atoms with Gasteiger partial charge in [0.1, 0.15) is 11.0 Å². The smallest absolute Gasteiger partial charge is 0.326 e. The summed E-state index contributed by atoms with van der Waals surface area (Å²) >= 11 is 1.39. The first kappa shape index (κ1) is 13.4. The maximum absolute atomic E-state index is 11.3. The lowest BCUT2D eigenvalue weighted by Gasteiger charge is -2.13. The number of hydrogen-bond acceptors (Lipinski definition) is 5. The number of thiazole rings is 1. The first-order valence-electron chi connectivity index (χ1n) is 4.90. The Hall–Kier alpha value is -1.67. The van der Waals surface area contributed by atoms with E-state index in [1.165, 1.54) is 11.3 Å². The topological polar surface area (TPSA) is 112 Å². The molecular weight excluding hydrogens is 246 g/mol. The summed E-state index contributed by atoms with van der Waals surface area (Å²) < 4.78 is 0. The van der Waals surface area contributed by atoms with Crippen LogP contribution in [-0.2, 0) is 11.3 Å². The number of aliphatic hydroxyl groups excluding tert-OH is 1. The highest BCUT2D eigenvalue weighted by Gasteiger charge is 2.18. The zero-order valence-corrected chi connectivity index (χ0v) is 9.74. The third-order valence-corrected chi connectivity index (χ3v) is 2.68. The molecule has 0 bridgehead atoms. The zero-order chi connectivity index (χ0) is 12.7. The fourth-order valence-electron chi connectivity index (χ4n) is 1.09. The molecule has 0 aliphatic carbocycles. The summed E-state index contributed by atoms with van der Waals surface area (Å²) in [6.07, 6.45) is 1.59. The number of hydrogen-bond donors (Lipinski definition) is 4. The van der Waals surface area contributed by atoms with Crippen LogP contribution in [0.3, 0.4) is 0 Å². The number of aliphatic hydroxyl groups is 1. The second-order valence-corrected chi connectivity index (χ2v) is 4.14. The van der Waals surface area contributed by atoms with E-state index in [1.54, 1.807) is 11.6 Å². The van der Waals surface area contributed by atoms with Gasteiger partial charge in [-0.25, -0.2) is 14.6 Å². The fraction of sp³-hybridized carbons (Fsp3) is 0.444. The van der Waals surface area contributed by atoms with Gasteiger partial charge in [-0.3, -0.25) is 0 Å². The third kappa shape index (κ3) is 4.79. The molecular formula is C9H13N3O4S. The highest BCUT2D eigenvalue weighted by molar-refractivity contribution is 7.09. The van der Waals surface area contributed by atoms with Gasteiger partial charge in [-0.15, -0.1) is 11.3 Å². The van der Waals surface area contributed by atoms with E-state index in [-0.39, 0.29) is 19.6 Å². The number of carboxylic acid groups (broad SMARTS) is 1. The number of aliphatic carboxylic acids is 1. The van der Waals surface area contributed by atoms with Crippen molar-refractivity contribution >= 4 is 23.3 Å². The summed E-state index contributed by atoms with van der Waals surface area (Å²) in [6, 6.07) is -1.68. The summed E-state index contributed by atoms with van der Waals surface area (Å²) in [5.74, 6) is -1.18. The largest absolute Gasteiger partial charge is 0.480 e. The van der Waals surface area contributed by atoms with Crippen molar-refractivity contribution in [2.24, 2.45) is 0 Å². The van der Waals surface area contributed by atoms with Crippen LogP contribution in [0.4, 0.5) is 4.79 Å². The fourth-order valence-corrected chi connectivity index (χ4v) is 1.65. The van der Waals surface area contributed by atoms with E-state index in [0.717, 1.165) is 5.01 Å². The van der Waals surface area contributed by atoms with Crippen LogP contribution in [0.25, 0.3) is 0 Å². The van der Waals surface area contributed by atoms with Crippen LogP contribution in [0.1, 0.15) is 11.4 Å². The molecule has 0 saturated carbocycles. The Kier molecular flexibility index (Phi) is 5.37. The molecule has 0 aliphatic rings. The molecule has 0 unspecified atom stereocenters. The number of aromatic nitrogens is 1. The van der Waals surface area contributed by atoms with Crippen molar-refractivity contribution in [1.29, 1.82) is 0 Å².